The number of nitrogens with two attached hydrogens (primary N) is 2. The average molecular weight is 336 g/mol. The summed E-state index contributed by atoms with van der Waals surface area (Å²) in [7, 11) is 0. The Kier molecular flexibility index (Phi) is 3.11. The number of amides is 1. The normalized spacial score (nSPS) is 10.8. The quantitative estimate of drug-likeness (QED) is 0.782. The van der Waals surface area contributed by atoms with Gasteiger partial charge in [0.1, 0.15) is 11.0 Å². The smallest absolute Gasteiger partial charge is 0.252 e. The minimum Gasteiger partial charge on any atom is -0.383 e. The third-order valence-corrected chi connectivity index (χ3v) is 4.01. The van der Waals surface area contributed by atoms with Crippen molar-refractivity contribution in [1.29, 1.82) is 0 Å². The van der Waals surface area contributed by atoms with Gasteiger partial charge < -0.3 is 11.5 Å². The number of fused-ring (bicyclic) bond motifs is 1. The Balaban J connectivity index is 2.89. The lowest BCUT2D eigenvalue weighted by Crippen LogP contribution is -2.14. The Morgan fingerprint density at radius 1 is 1.35 bits per heavy atom. The molecule has 17 heavy (non-hydrogen) atoms. The molecule has 5 nitrogen and oxygen atoms in total. The van der Waals surface area contributed by atoms with Gasteiger partial charge in [-0.1, -0.05) is 23.2 Å². The Morgan fingerprint density at radius 3 is 2.59 bits per heavy atom. The zero-order valence-corrected chi connectivity index (χ0v) is 11.3. The highest BCUT2D eigenvalue weighted by molar-refractivity contribution is 9.10. The van der Waals surface area contributed by atoms with Gasteiger partial charge in [0.15, 0.2) is 5.65 Å². The van der Waals surface area contributed by atoms with Crippen LogP contribution in [0.5, 0.6) is 0 Å². The number of carbonyl (C=O) groups excluding carboxylic acids is 1. The molecule has 0 spiro atoms. The number of nitrogen functional groups attached to an aromatic ring is 1. The minimum absolute atomic E-state index is 0.00745. The molecular formula is C9H5BrCl2N4O. The molecule has 4 N–H and O–H groups in total. The summed E-state index contributed by atoms with van der Waals surface area (Å²) < 4.78 is 0.426. The van der Waals surface area contributed by atoms with Gasteiger partial charge in [-0.25, -0.2) is 9.97 Å². The molecule has 8 heteroatoms. The van der Waals surface area contributed by atoms with Crippen molar-refractivity contribution in [2.75, 3.05) is 5.73 Å². The number of hydrogen-bond donors (Lipinski definition) is 2. The van der Waals surface area contributed by atoms with E-state index in [4.69, 9.17) is 34.7 Å². The maximum Gasteiger partial charge on any atom is 0.252 e. The number of halogens is 3. The predicted octanol–water partition coefficient (Wildman–Crippen LogP) is 2.38. The number of primary amides is 1. The van der Waals surface area contributed by atoms with E-state index in [9.17, 15) is 4.79 Å². The molecule has 2 aromatic heterocycles. The van der Waals surface area contributed by atoms with Gasteiger partial charge in [0.05, 0.1) is 15.1 Å². The van der Waals surface area contributed by atoms with Crippen molar-refractivity contribution < 1.29 is 4.79 Å². The molecule has 0 fully saturated rings. The van der Waals surface area contributed by atoms with E-state index in [2.05, 4.69) is 25.9 Å². The summed E-state index contributed by atoms with van der Waals surface area (Å²) in [5.41, 5.74) is 11.1. The van der Waals surface area contributed by atoms with Gasteiger partial charge in [0.2, 0.25) is 0 Å². The second-order valence-electron chi connectivity index (χ2n) is 3.19. The van der Waals surface area contributed by atoms with Gasteiger partial charge >= 0.3 is 0 Å². The van der Waals surface area contributed by atoms with E-state index in [0.717, 1.165) is 0 Å². The molecule has 0 saturated carbocycles. The van der Waals surface area contributed by atoms with E-state index >= 15 is 0 Å². The molecule has 1 amide bonds. The molecule has 0 atom stereocenters. The maximum absolute atomic E-state index is 11.1. The molecule has 0 saturated heterocycles. The van der Waals surface area contributed by atoms with E-state index in [1.54, 1.807) is 0 Å². The van der Waals surface area contributed by atoms with Crippen LogP contribution in [-0.4, -0.2) is 15.9 Å². The zero-order valence-electron chi connectivity index (χ0n) is 8.17. The third-order valence-electron chi connectivity index (χ3n) is 2.11. The Bertz CT molecular complexity index is 647. The number of pyridine rings is 2. The zero-order chi connectivity index (χ0) is 12.7. The van der Waals surface area contributed by atoms with Crippen molar-refractivity contribution in [1.82, 2.24) is 9.97 Å². The standard InChI is InChI=1S/C9H5BrCl2N4O/c10-4-5(11)2-1-3(8(14)17)7(13)16-9(2)15-6(4)12/h1H,(H2,14,17)(H2,13,15,16). The van der Waals surface area contributed by atoms with Crippen molar-refractivity contribution in [3.63, 3.8) is 0 Å². The second kappa shape index (κ2) is 4.29. The van der Waals surface area contributed by atoms with Crippen LogP contribution in [0.15, 0.2) is 10.5 Å². The van der Waals surface area contributed by atoms with Crippen LogP contribution in [-0.2, 0) is 0 Å². The molecule has 0 aliphatic rings. The fourth-order valence-corrected chi connectivity index (χ4v) is 2.07. The lowest BCUT2D eigenvalue weighted by Gasteiger charge is -2.07. The van der Waals surface area contributed by atoms with E-state index in [-0.39, 0.29) is 22.2 Å². The van der Waals surface area contributed by atoms with Crippen LogP contribution >= 0.6 is 39.1 Å². The van der Waals surface area contributed by atoms with Crippen LogP contribution in [0, 0.1) is 0 Å². The topological polar surface area (TPSA) is 94.9 Å². The largest absolute Gasteiger partial charge is 0.383 e. The van der Waals surface area contributed by atoms with E-state index in [1.807, 2.05) is 0 Å². The highest BCUT2D eigenvalue weighted by Crippen LogP contribution is 2.35. The lowest BCUT2D eigenvalue weighted by molar-refractivity contribution is 0.100. The first-order valence-corrected chi connectivity index (χ1v) is 5.87. The van der Waals surface area contributed by atoms with Gasteiger partial charge in [-0.3, -0.25) is 4.79 Å². The third kappa shape index (κ3) is 2.03. The minimum atomic E-state index is -0.681. The molecule has 2 aromatic rings. The highest BCUT2D eigenvalue weighted by atomic mass is 79.9. The molecule has 0 radical (unpaired) electrons. The average Bonchev–Trinajstić information content (AvgIpc) is 2.25. The van der Waals surface area contributed by atoms with Crippen LogP contribution in [0.3, 0.4) is 0 Å². The first kappa shape index (κ1) is 12.3. The molecule has 0 bridgehead atoms. The predicted molar refractivity (Wildman–Crippen MR) is 70.2 cm³/mol. The number of carbonyl (C=O) groups is 1. The van der Waals surface area contributed by atoms with Crippen molar-refractivity contribution in [2.45, 2.75) is 0 Å². The van der Waals surface area contributed by atoms with Crippen LogP contribution in [0.4, 0.5) is 5.82 Å². The first-order chi connectivity index (χ1) is 7.91. The maximum atomic E-state index is 11.1. The fraction of sp³-hybridized carbons (Fsp3) is 0. The summed E-state index contributed by atoms with van der Waals surface area (Å²) in [6, 6.07) is 1.44. The molecule has 2 rings (SSSR count). The van der Waals surface area contributed by atoms with Gasteiger partial charge in [0, 0.05) is 5.39 Å². The van der Waals surface area contributed by atoms with Crippen molar-refractivity contribution >= 4 is 61.9 Å². The van der Waals surface area contributed by atoms with Crippen molar-refractivity contribution in [2.24, 2.45) is 5.73 Å². The summed E-state index contributed by atoms with van der Waals surface area (Å²) in [5.74, 6) is -0.689. The van der Waals surface area contributed by atoms with Crippen molar-refractivity contribution in [3.05, 3.63) is 26.3 Å². The van der Waals surface area contributed by atoms with E-state index in [0.29, 0.717) is 14.9 Å². The van der Waals surface area contributed by atoms with Gasteiger partial charge in [-0.2, -0.15) is 0 Å². The molecule has 0 aliphatic carbocycles. The first-order valence-electron chi connectivity index (χ1n) is 4.32. The van der Waals surface area contributed by atoms with E-state index in [1.165, 1.54) is 6.07 Å². The number of rotatable bonds is 1. The lowest BCUT2D eigenvalue weighted by atomic mass is 10.2. The highest BCUT2D eigenvalue weighted by Gasteiger charge is 2.15. The summed E-state index contributed by atoms with van der Waals surface area (Å²) in [6.45, 7) is 0. The fourth-order valence-electron chi connectivity index (χ4n) is 1.31. The Morgan fingerprint density at radius 2 is 2.00 bits per heavy atom. The summed E-state index contributed by atoms with van der Waals surface area (Å²) in [4.78, 5) is 19.1. The van der Waals surface area contributed by atoms with Crippen LogP contribution in [0.1, 0.15) is 10.4 Å². The van der Waals surface area contributed by atoms with Crippen LogP contribution in [0.25, 0.3) is 11.0 Å². The number of nitrogens with zero attached hydrogens (tertiary/aromatic N) is 2. The van der Waals surface area contributed by atoms with Crippen LogP contribution < -0.4 is 11.5 Å². The second-order valence-corrected chi connectivity index (χ2v) is 4.72. The molecular weight excluding hydrogens is 331 g/mol. The number of aromatic nitrogens is 2. The number of anilines is 1. The Hall–Kier alpha value is -1.11. The Labute approximate surface area is 114 Å². The van der Waals surface area contributed by atoms with Gasteiger partial charge in [-0.15, -0.1) is 0 Å². The van der Waals surface area contributed by atoms with Gasteiger partial charge in [-0.05, 0) is 22.0 Å². The molecule has 0 aromatic carbocycles. The van der Waals surface area contributed by atoms with Crippen LogP contribution in [0.2, 0.25) is 10.2 Å². The molecule has 2 heterocycles. The summed E-state index contributed by atoms with van der Waals surface area (Å²) in [5, 5.41) is 0.919. The van der Waals surface area contributed by atoms with E-state index < -0.39 is 5.91 Å². The molecule has 0 unspecified atom stereocenters. The summed E-state index contributed by atoms with van der Waals surface area (Å²) >= 11 is 15.1. The molecule has 88 valence electrons. The van der Waals surface area contributed by atoms with Crippen molar-refractivity contribution in [3.8, 4) is 0 Å². The number of hydrogen-bond acceptors (Lipinski definition) is 4. The SMILES string of the molecule is NC(=O)c1cc2c(Cl)c(Br)c(Cl)nc2nc1N. The summed E-state index contributed by atoms with van der Waals surface area (Å²) in [6.07, 6.45) is 0. The monoisotopic (exact) mass is 334 g/mol. The van der Waals surface area contributed by atoms with Gasteiger partial charge in [0.25, 0.3) is 5.91 Å². The molecule has 0 aliphatic heterocycles.